The Morgan fingerprint density at radius 2 is 1.72 bits per heavy atom. The Balaban J connectivity index is 1.90. The number of aromatic nitrogens is 1. The van der Waals surface area contributed by atoms with Gasteiger partial charge >= 0.3 is 0 Å². The molecule has 2 aromatic carbocycles. The molecule has 1 atom stereocenters. The van der Waals surface area contributed by atoms with E-state index in [2.05, 4.69) is 97.0 Å². The predicted octanol–water partition coefficient (Wildman–Crippen LogP) is 6.87. The second-order valence-corrected chi connectivity index (χ2v) is 10.0. The van der Waals surface area contributed by atoms with Crippen LogP contribution in [0.3, 0.4) is 0 Å². The Bertz CT molecular complexity index is 1120. The highest BCUT2D eigenvalue weighted by molar-refractivity contribution is 9.10. The Morgan fingerprint density at radius 3 is 2.52 bits per heavy atom. The molecule has 0 saturated heterocycles. The highest BCUT2D eigenvalue weighted by atomic mass is 79.9. The van der Waals surface area contributed by atoms with Crippen molar-refractivity contribution in [2.75, 3.05) is 4.90 Å². The summed E-state index contributed by atoms with van der Waals surface area (Å²) >= 11 is 3.73. The molecule has 0 fully saturated rings. The minimum Gasteiger partial charge on any atom is -0.294 e. The van der Waals surface area contributed by atoms with E-state index in [1.165, 1.54) is 47.2 Å². The van der Waals surface area contributed by atoms with Crippen LogP contribution in [-0.4, -0.2) is 12.3 Å². The lowest BCUT2D eigenvalue weighted by molar-refractivity contribution is 0.533. The number of hydrogen-bond acceptors (Lipinski definition) is 2. The zero-order valence-electron chi connectivity index (χ0n) is 17.6. The molecule has 1 unspecified atom stereocenters. The zero-order valence-corrected chi connectivity index (χ0v) is 19.2. The lowest BCUT2D eigenvalue weighted by atomic mass is 9.62. The van der Waals surface area contributed by atoms with E-state index in [0.29, 0.717) is 0 Å². The van der Waals surface area contributed by atoms with E-state index in [1.54, 1.807) is 0 Å². The molecule has 1 aromatic heterocycles. The van der Waals surface area contributed by atoms with Gasteiger partial charge in [-0.25, -0.2) is 4.98 Å². The minimum absolute atomic E-state index is 0.00372. The van der Waals surface area contributed by atoms with Crippen LogP contribution in [0.5, 0.6) is 0 Å². The van der Waals surface area contributed by atoms with Crippen LogP contribution >= 0.6 is 15.9 Å². The van der Waals surface area contributed by atoms with Crippen LogP contribution in [0.4, 0.5) is 17.2 Å². The van der Waals surface area contributed by atoms with Gasteiger partial charge in [-0.15, -0.1) is 0 Å². The van der Waals surface area contributed by atoms with Gasteiger partial charge in [-0.05, 0) is 41.3 Å². The first-order chi connectivity index (χ1) is 13.9. The van der Waals surface area contributed by atoms with Crippen molar-refractivity contribution in [3.8, 4) is 0 Å². The third-order valence-corrected chi connectivity index (χ3v) is 7.52. The van der Waals surface area contributed by atoms with E-state index >= 15 is 0 Å². The highest BCUT2D eigenvalue weighted by Crippen LogP contribution is 2.60. The van der Waals surface area contributed by atoms with Crippen LogP contribution in [0.1, 0.15) is 49.4 Å². The van der Waals surface area contributed by atoms with Crippen molar-refractivity contribution in [3.05, 3.63) is 81.5 Å². The summed E-state index contributed by atoms with van der Waals surface area (Å²) < 4.78 is 1.11. The molecule has 0 saturated carbocycles. The average molecular weight is 445 g/mol. The SMILES string of the molecule is CBCCC1(C)c2ccc(Br)cc2N2c3ncccc3C(C)(C)c3cccc1c32. The Hall–Kier alpha value is -2.07. The summed E-state index contributed by atoms with van der Waals surface area (Å²) in [6, 6.07) is 18.0. The van der Waals surface area contributed by atoms with Gasteiger partial charge in [0.25, 0.3) is 0 Å². The molecule has 29 heavy (non-hydrogen) atoms. The maximum atomic E-state index is 4.89. The first kappa shape index (κ1) is 18.9. The maximum absolute atomic E-state index is 4.89. The molecule has 3 heterocycles. The molecular weight excluding hydrogens is 419 g/mol. The summed E-state index contributed by atoms with van der Waals surface area (Å²) in [6.45, 7) is 9.38. The van der Waals surface area contributed by atoms with Crippen LogP contribution in [0.25, 0.3) is 0 Å². The fourth-order valence-corrected chi connectivity index (χ4v) is 5.73. The van der Waals surface area contributed by atoms with Gasteiger partial charge in [-0.1, -0.05) is 80.2 Å². The number of nitrogens with zero attached hydrogens (tertiary/aromatic N) is 2. The third kappa shape index (κ3) is 2.51. The summed E-state index contributed by atoms with van der Waals surface area (Å²) in [5.74, 6) is 1.06. The van der Waals surface area contributed by atoms with Crippen molar-refractivity contribution in [3.63, 3.8) is 0 Å². The molecule has 0 aliphatic carbocycles. The van der Waals surface area contributed by atoms with E-state index in [0.717, 1.165) is 16.7 Å². The minimum atomic E-state index is -0.0827. The van der Waals surface area contributed by atoms with E-state index in [9.17, 15) is 0 Å². The van der Waals surface area contributed by atoms with Gasteiger partial charge in [0.15, 0.2) is 0 Å². The molecule has 5 rings (SSSR count). The van der Waals surface area contributed by atoms with Crippen molar-refractivity contribution in [2.45, 2.75) is 51.2 Å². The molecule has 0 radical (unpaired) electrons. The van der Waals surface area contributed by atoms with E-state index in [1.807, 2.05) is 6.20 Å². The number of anilines is 3. The monoisotopic (exact) mass is 444 g/mol. The van der Waals surface area contributed by atoms with Crippen molar-refractivity contribution >= 4 is 40.4 Å². The molecule has 2 aliphatic rings. The first-order valence-corrected chi connectivity index (χ1v) is 11.4. The van der Waals surface area contributed by atoms with Gasteiger partial charge in [0.05, 0.1) is 11.4 Å². The first-order valence-electron chi connectivity index (χ1n) is 10.6. The normalized spacial score (nSPS) is 20.5. The molecule has 0 spiro atoms. The Kier molecular flexibility index (Phi) is 4.22. The summed E-state index contributed by atoms with van der Waals surface area (Å²) in [7, 11) is 1.20. The number of halogens is 1. The highest BCUT2D eigenvalue weighted by Gasteiger charge is 2.47. The van der Waals surface area contributed by atoms with E-state index in [4.69, 9.17) is 4.98 Å². The predicted molar refractivity (Wildman–Crippen MR) is 128 cm³/mol. The van der Waals surface area contributed by atoms with Crippen LogP contribution in [-0.2, 0) is 10.8 Å². The topological polar surface area (TPSA) is 16.1 Å². The molecule has 0 amide bonds. The third-order valence-electron chi connectivity index (χ3n) is 7.02. The van der Waals surface area contributed by atoms with Gasteiger partial charge in [0.1, 0.15) is 13.1 Å². The summed E-state index contributed by atoms with van der Waals surface area (Å²) in [6.07, 6.45) is 4.29. The fourth-order valence-electron chi connectivity index (χ4n) is 5.38. The number of fused-ring (bicyclic) bond motifs is 4. The smallest absolute Gasteiger partial charge is 0.141 e. The summed E-state index contributed by atoms with van der Waals surface area (Å²) in [5.41, 5.74) is 8.02. The van der Waals surface area contributed by atoms with Gasteiger partial charge in [0, 0.05) is 27.1 Å². The number of benzene rings is 2. The molecule has 0 bridgehead atoms. The standard InChI is InChI=1S/C25H26BBrN2/c1-24(2)18-7-5-8-19-22(18)29(23-20(24)9-6-14-28-23)21-15-16(27)10-11-17(21)25(19,3)12-13-26-4/h5-11,14-15,26H,12-13H2,1-4H3. The number of rotatable bonds is 3. The van der Waals surface area contributed by atoms with Crippen LogP contribution in [0.15, 0.2) is 59.2 Å². The largest absolute Gasteiger partial charge is 0.294 e. The van der Waals surface area contributed by atoms with Crippen LogP contribution < -0.4 is 4.90 Å². The lowest BCUT2D eigenvalue weighted by Gasteiger charge is -2.49. The number of pyridine rings is 1. The molecule has 146 valence electrons. The number of hydrogen-bond donors (Lipinski definition) is 0. The second-order valence-electron chi connectivity index (χ2n) is 9.13. The maximum Gasteiger partial charge on any atom is 0.141 e. The summed E-state index contributed by atoms with van der Waals surface area (Å²) in [5, 5.41) is 0. The van der Waals surface area contributed by atoms with Gasteiger partial charge in [0.2, 0.25) is 0 Å². The average Bonchev–Trinajstić information content (AvgIpc) is 2.72. The molecule has 2 aliphatic heterocycles. The zero-order chi connectivity index (χ0) is 20.4. The quantitative estimate of drug-likeness (QED) is 0.410. The van der Waals surface area contributed by atoms with E-state index < -0.39 is 0 Å². The van der Waals surface area contributed by atoms with Gasteiger partial charge in [-0.2, -0.15) is 0 Å². The summed E-state index contributed by atoms with van der Waals surface area (Å²) in [4.78, 5) is 7.31. The molecule has 0 N–H and O–H groups in total. The molecule has 4 heteroatoms. The lowest BCUT2D eigenvalue weighted by Crippen LogP contribution is -2.39. The van der Waals surface area contributed by atoms with Crippen molar-refractivity contribution in [1.82, 2.24) is 4.98 Å². The van der Waals surface area contributed by atoms with Crippen LogP contribution in [0.2, 0.25) is 13.1 Å². The van der Waals surface area contributed by atoms with E-state index in [-0.39, 0.29) is 10.8 Å². The molecule has 2 nitrogen and oxygen atoms in total. The molecular formula is C25H26BBrN2. The second kappa shape index (κ2) is 6.47. The molecule has 3 aromatic rings. The van der Waals surface area contributed by atoms with Crippen molar-refractivity contribution < 1.29 is 0 Å². The van der Waals surface area contributed by atoms with Crippen LogP contribution in [0, 0.1) is 0 Å². The Morgan fingerprint density at radius 1 is 0.966 bits per heavy atom. The van der Waals surface area contributed by atoms with Gasteiger partial charge < -0.3 is 0 Å². The van der Waals surface area contributed by atoms with Crippen molar-refractivity contribution in [1.29, 1.82) is 0 Å². The number of para-hydroxylation sites is 1. The van der Waals surface area contributed by atoms with Crippen molar-refractivity contribution in [2.24, 2.45) is 0 Å². The fraction of sp³-hybridized carbons (Fsp3) is 0.320. The van der Waals surface area contributed by atoms with Gasteiger partial charge in [-0.3, -0.25) is 4.90 Å². The Labute approximate surface area is 182 Å².